The molecule has 1 spiro atoms. The van der Waals surface area contributed by atoms with Gasteiger partial charge >= 0.3 is 0 Å². The second kappa shape index (κ2) is 5.30. The van der Waals surface area contributed by atoms with E-state index >= 15 is 0 Å². The molecule has 2 saturated carbocycles. The fraction of sp³-hybridized carbons (Fsp3) is 0.650. The van der Waals surface area contributed by atoms with Gasteiger partial charge in [-0.15, -0.1) is 0 Å². The molecule has 130 valence electrons. The molecule has 1 saturated heterocycles. The lowest BCUT2D eigenvalue weighted by atomic mass is 9.60. The zero-order chi connectivity index (χ0) is 17.1. The van der Waals surface area contributed by atoms with Crippen LogP contribution in [-0.4, -0.2) is 23.7 Å². The summed E-state index contributed by atoms with van der Waals surface area (Å²) < 4.78 is 6.16. The molecular weight excluding hydrogens is 302 g/mol. The summed E-state index contributed by atoms with van der Waals surface area (Å²) in [6.07, 6.45) is 3.07. The summed E-state index contributed by atoms with van der Waals surface area (Å²) in [5.74, 6) is 0.917. The van der Waals surface area contributed by atoms with Crippen LogP contribution in [0.1, 0.15) is 51.7 Å². The lowest BCUT2D eigenvalue weighted by molar-refractivity contribution is -0.164. The maximum atomic E-state index is 11.2. The Hall–Kier alpha value is -1.39. The summed E-state index contributed by atoms with van der Waals surface area (Å²) in [7, 11) is 0. The van der Waals surface area contributed by atoms with Crippen molar-refractivity contribution in [3.8, 4) is 0 Å². The van der Waals surface area contributed by atoms with Gasteiger partial charge in [-0.05, 0) is 54.2 Å². The molecule has 4 nitrogen and oxygen atoms in total. The molecule has 4 heteroatoms. The van der Waals surface area contributed by atoms with E-state index in [0.29, 0.717) is 18.4 Å². The van der Waals surface area contributed by atoms with E-state index in [1.54, 1.807) is 0 Å². The maximum Gasteiger partial charge on any atom is 0.221 e. The van der Waals surface area contributed by atoms with Gasteiger partial charge in [0, 0.05) is 24.6 Å². The molecule has 0 aromatic heterocycles. The van der Waals surface area contributed by atoms with Gasteiger partial charge in [0.05, 0.1) is 12.2 Å². The molecule has 1 heterocycles. The lowest BCUT2D eigenvalue weighted by Gasteiger charge is -2.51. The molecule has 24 heavy (non-hydrogen) atoms. The van der Waals surface area contributed by atoms with Crippen molar-refractivity contribution in [3.05, 3.63) is 29.8 Å². The highest BCUT2D eigenvalue weighted by molar-refractivity contribution is 5.88. The molecule has 2 bridgehead atoms. The first-order chi connectivity index (χ1) is 11.3. The van der Waals surface area contributed by atoms with E-state index in [1.165, 1.54) is 6.92 Å². The van der Waals surface area contributed by atoms with Crippen molar-refractivity contribution in [3.63, 3.8) is 0 Å². The fourth-order valence-corrected chi connectivity index (χ4v) is 5.71. The Balaban J connectivity index is 1.61. The van der Waals surface area contributed by atoms with Crippen molar-refractivity contribution in [2.75, 3.05) is 11.9 Å². The van der Waals surface area contributed by atoms with Crippen LogP contribution in [-0.2, 0) is 9.53 Å². The highest BCUT2D eigenvalue weighted by Crippen LogP contribution is 2.70. The van der Waals surface area contributed by atoms with Gasteiger partial charge in [-0.3, -0.25) is 4.79 Å². The molecule has 1 aromatic carbocycles. The predicted octanol–water partition coefficient (Wildman–Crippen LogP) is 3.52. The van der Waals surface area contributed by atoms with Crippen molar-refractivity contribution in [1.82, 2.24) is 0 Å². The van der Waals surface area contributed by atoms with Crippen molar-refractivity contribution >= 4 is 11.6 Å². The van der Waals surface area contributed by atoms with Gasteiger partial charge in [-0.2, -0.15) is 0 Å². The Bertz CT molecular complexity index is 653. The monoisotopic (exact) mass is 329 g/mol. The van der Waals surface area contributed by atoms with E-state index in [4.69, 9.17) is 4.74 Å². The number of hydrogen-bond acceptors (Lipinski definition) is 3. The van der Waals surface area contributed by atoms with Gasteiger partial charge < -0.3 is 15.2 Å². The van der Waals surface area contributed by atoms with Crippen molar-refractivity contribution in [1.29, 1.82) is 0 Å². The Labute approximate surface area is 143 Å². The smallest absolute Gasteiger partial charge is 0.221 e. The maximum absolute atomic E-state index is 11.2. The van der Waals surface area contributed by atoms with Crippen LogP contribution in [0.4, 0.5) is 5.69 Å². The van der Waals surface area contributed by atoms with E-state index in [2.05, 4.69) is 31.3 Å². The highest BCUT2D eigenvalue weighted by atomic mass is 16.5. The zero-order valence-electron chi connectivity index (χ0n) is 14.7. The number of ether oxygens (including phenoxy) is 1. The molecule has 0 radical (unpaired) electrons. The number of hydrogen-bond donors (Lipinski definition) is 2. The number of anilines is 1. The average molecular weight is 329 g/mol. The van der Waals surface area contributed by atoms with Gasteiger partial charge in [-0.1, -0.05) is 26.0 Å². The number of rotatable bonds is 2. The number of fused-ring (bicyclic) bond motifs is 1. The minimum absolute atomic E-state index is 0.0212. The SMILES string of the molecule is CC(=O)Nc1ccc([C@H]2OCC[C@@]34C[C@@H](C[C@H]23)C(C)(C)[C@H]4O)cc1. The van der Waals surface area contributed by atoms with Gasteiger partial charge in [0.2, 0.25) is 5.91 Å². The Morgan fingerprint density at radius 3 is 2.62 bits per heavy atom. The molecular formula is C20H27NO3. The number of amides is 1. The Morgan fingerprint density at radius 1 is 1.29 bits per heavy atom. The Morgan fingerprint density at radius 2 is 2.00 bits per heavy atom. The minimum Gasteiger partial charge on any atom is -0.392 e. The summed E-state index contributed by atoms with van der Waals surface area (Å²) in [5, 5.41) is 13.8. The van der Waals surface area contributed by atoms with Crippen LogP contribution < -0.4 is 5.32 Å². The van der Waals surface area contributed by atoms with E-state index < -0.39 is 0 Å². The molecule has 3 fully saturated rings. The first-order valence-electron chi connectivity index (χ1n) is 9.02. The standard InChI is InChI=1S/C20H27NO3/c1-12(22)21-15-6-4-13(5-7-15)17-16-10-14-11-20(16,8-9-24-17)18(23)19(14,2)3/h4-7,14,16-18,23H,8-11H2,1-3H3,(H,21,22)/t14-,16-,17-,18-,20-/m1/s1. The molecule has 3 aliphatic rings. The summed E-state index contributed by atoms with van der Waals surface area (Å²) in [5.41, 5.74) is 2.01. The van der Waals surface area contributed by atoms with Crippen LogP contribution in [0.3, 0.4) is 0 Å². The molecule has 1 aliphatic heterocycles. The Kier molecular flexibility index (Phi) is 3.56. The van der Waals surface area contributed by atoms with E-state index in [-0.39, 0.29) is 28.9 Å². The quantitative estimate of drug-likeness (QED) is 0.873. The van der Waals surface area contributed by atoms with E-state index in [0.717, 1.165) is 30.5 Å². The van der Waals surface area contributed by atoms with Gasteiger partial charge in [-0.25, -0.2) is 0 Å². The van der Waals surface area contributed by atoms with Gasteiger partial charge in [0.15, 0.2) is 0 Å². The molecule has 2 N–H and O–H groups in total. The van der Waals surface area contributed by atoms with Crippen LogP contribution >= 0.6 is 0 Å². The van der Waals surface area contributed by atoms with Crippen molar-refractivity contribution in [2.24, 2.45) is 22.7 Å². The second-order valence-electron chi connectivity index (χ2n) is 8.54. The first-order valence-corrected chi connectivity index (χ1v) is 9.02. The number of aliphatic hydroxyl groups excluding tert-OH is 1. The van der Waals surface area contributed by atoms with Crippen molar-refractivity contribution in [2.45, 2.75) is 52.2 Å². The van der Waals surface area contributed by atoms with E-state index in [9.17, 15) is 9.90 Å². The third-order valence-corrected chi connectivity index (χ3v) is 6.99. The van der Waals surface area contributed by atoms with Crippen LogP contribution in [0, 0.1) is 22.7 Å². The van der Waals surface area contributed by atoms with Gasteiger partial charge in [0.25, 0.3) is 0 Å². The summed E-state index contributed by atoms with van der Waals surface area (Å²) in [6.45, 7) is 6.68. The summed E-state index contributed by atoms with van der Waals surface area (Å²) >= 11 is 0. The molecule has 1 amide bonds. The number of aliphatic hydroxyl groups is 1. The average Bonchev–Trinajstić information content (AvgIpc) is 3.02. The molecule has 1 aromatic rings. The molecule has 0 unspecified atom stereocenters. The number of nitrogens with one attached hydrogen (secondary N) is 1. The normalized spacial score (nSPS) is 39.5. The largest absolute Gasteiger partial charge is 0.392 e. The predicted molar refractivity (Wildman–Crippen MR) is 92.5 cm³/mol. The highest BCUT2D eigenvalue weighted by Gasteiger charge is 2.67. The zero-order valence-corrected chi connectivity index (χ0v) is 14.7. The van der Waals surface area contributed by atoms with Crippen LogP contribution in [0.15, 0.2) is 24.3 Å². The molecule has 4 rings (SSSR count). The minimum atomic E-state index is -0.237. The van der Waals surface area contributed by atoms with E-state index in [1.807, 2.05) is 12.1 Å². The fourth-order valence-electron chi connectivity index (χ4n) is 5.71. The third kappa shape index (κ3) is 2.16. The number of carbonyl (C=O) groups excluding carboxylic acids is 1. The van der Waals surface area contributed by atoms with Crippen molar-refractivity contribution < 1.29 is 14.6 Å². The number of carbonyl (C=O) groups is 1. The lowest BCUT2D eigenvalue weighted by Crippen LogP contribution is -2.51. The van der Waals surface area contributed by atoms with Crippen LogP contribution in [0.25, 0.3) is 0 Å². The molecule has 2 aliphatic carbocycles. The van der Waals surface area contributed by atoms with Gasteiger partial charge in [0.1, 0.15) is 0 Å². The number of benzene rings is 1. The van der Waals surface area contributed by atoms with Crippen LogP contribution in [0.2, 0.25) is 0 Å². The second-order valence-corrected chi connectivity index (χ2v) is 8.54. The molecule has 5 atom stereocenters. The summed E-state index contributed by atoms with van der Waals surface area (Å²) in [4.78, 5) is 11.2. The summed E-state index contributed by atoms with van der Waals surface area (Å²) in [6, 6.07) is 7.99. The third-order valence-electron chi connectivity index (χ3n) is 6.99. The topological polar surface area (TPSA) is 58.6 Å². The first kappa shape index (κ1) is 16.1. The van der Waals surface area contributed by atoms with Crippen LogP contribution in [0.5, 0.6) is 0 Å².